The molecule has 0 amide bonds. The van der Waals surface area contributed by atoms with E-state index in [9.17, 15) is 0 Å². The molecule has 0 aliphatic heterocycles. The average Bonchev–Trinajstić information content (AvgIpc) is 2.20. The first-order valence-electron chi connectivity index (χ1n) is 4.60. The van der Waals surface area contributed by atoms with Gasteiger partial charge in [-0.15, -0.1) is 0 Å². The summed E-state index contributed by atoms with van der Waals surface area (Å²) in [4.78, 5) is 3.99. The second-order valence-electron chi connectivity index (χ2n) is 2.90. The number of ether oxygens (including phenoxy) is 2. The normalized spacial score (nSPS) is 10.4. The molecule has 0 spiro atoms. The quantitative estimate of drug-likeness (QED) is 0.686. The number of nitrogen functional groups attached to an aromatic ring is 1. The first-order chi connectivity index (χ1) is 6.84. The van der Waals surface area contributed by atoms with Crippen molar-refractivity contribution in [3.8, 4) is 0 Å². The largest absolute Gasteiger partial charge is 0.383 e. The van der Waals surface area contributed by atoms with Gasteiger partial charge in [0.05, 0.1) is 19.8 Å². The number of hydrogen-bond acceptors (Lipinski definition) is 4. The molecule has 1 aromatic heterocycles. The Morgan fingerprint density at radius 3 is 2.93 bits per heavy atom. The van der Waals surface area contributed by atoms with Crippen molar-refractivity contribution in [2.75, 3.05) is 32.7 Å². The number of nitrogens with two attached hydrogens (primary N) is 1. The van der Waals surface area contributed by atoms with E-state index in [2.05, 4.69) is 4.98 Å². The Morgan fingerprint density at radius 2 is 2.21 bits per heavy atom. The fraction of sp³-hybridized carbons (Fsp3) is 0.500. The maximum absolute atomic E-state index is 5.67. The highest BCUT2D eigenvalue weighted by atomic mass is 16.5. The van der Waals surface area contributed by atoms with E-state index in [0.29, 0.717) is 25.6 Å². The fourth-order valence-electron chi connectivity index (χ4n) is 1.09. The molecule has 4 nitrogen and oxygen atoms in total. The average molecular weight is 196 g/mol. The molecule has 4 heteroatoms. The van der Waals surface area contributed by atoms with E-state index in [1.807, 2.05) is 12.1 Å². The van der Waals surface area contributed by atoms with Gasteiger partial charge < -0.3 is 15.2 Å². The van der Waals surface area contributed by atoms with Gasteiger partial charge in [-0.25, -0.2) is 4.98 Å². The summed E-state index contributed by atoms with van der Waals surface area (Å²) >= 11 is 0. The first kappa shape index (κ1) is 10.9. The Hall–Kier alpha value is -1.13. The number of nitrogens with zero attached hydrogens (tertiary/aromatic N) is 1. The SMILES string of the molecule is COCCOCCc1cccnc1N. The second-order valence-corrected chi connectivity index (χ2v) is 2.90. The molecule has 1 aromatic rings. The standard InChI is InChI=1S/C10H16N2O2/c1-13-7-8-14-6-4-9-3-2-5-12-10(9)11/h2-3,5H,4,6-8H2,1H3,(H2,11,12). The van der Waals surface area contributed by atoms with Crippen molar-refractivity contribution in [1.29, 1.82) is 0 Å². The van der Waals surface area contributed by atoms with Gasteiger partial charge in [0, 0.05) is 13.3 Å². The van der Waals surface area contributed by atoms with Crippen LogP contribution in [-0.2, 0) is 15.9 Å². The summed E-state index contributed by atoms with van der Waals surface area (Å²) in [5, 5.41) is 0. The summed E-state index contributed by atoms with van der Waals surface area (Å²) in [5.74, 6) is 0.586. The molecule has 2 N–H and O–H groups in total. The predicted molar refractivity (Wildman–Crippen MR) is 55.0 cm³/mol. The van der Waals surface area contributed by atoms with Gasteiger partial charge in [-0.2, -0.15) is 0 Å². The molecule has 0 atom stereocenters. The van der Waals surface area contributed by atoms with E-state index in [4.69, 9.17) is 15.2 Å². The lowest BCUT2D eigenvalue weighted by molar-refractivity contribution is 0.0723. The van der Waals surface area contributed by atoms with Crippen molar-refractivity contribution in [2.45, 2.75) is 6.42 Å². The third kappa shape index (κ3) is 3.72. The Labute approximate surface area is 84.0 Å². The van der Waals surface area contributed by atoms with Gasteiger partial charge in [-0.05, 0) is 18.1 Å². The van der Waals surface area contributed by atoms with Crippen LogP contribution in [0.3, 0.4) is 0 Å². The van der Waals surface area contributed by atoms with Crippen LogP contribution in [-0.4, -0.2) is 31.9 Å². The number of pyridine rings is 1. The van der Waals surface area contributed by atoms with Gasteiger partial charge in [0.2, 0.25) is 0 Å². The molecule has 0 aromatic carbocycles. The Balaban J connectivity index is 2.21. The first-order valence-corrected chi connectivity index (χ1v) is 4.60. The molecule has 0 radical (unpaired) electrons. The van der Waals surface area contributed by atoms with E-state index in [0.717, 1.165) is 12.0 Å². The van der Waals surface area contributed by atoms with Gasteiger partial charge in [-0.1, -0.05) is 6.07 Å². The van der Waals surface area contributed by atoms with Crippen molar-refractivity contribution in [1.82, 2.24) is 4.98 Å². The lowest BCUT2D eigenvalue weighted by Crippen LogP contribution is -2.06. The molecule has 1 heterocycles. The molecule has 0 aliphatic rings. The molecular formula is C10H16N2O2. The van der Waals surface area contributed by atoms with Crippen molar-refractivity contribution >= 4 is 5.82 Å². The van der Waals surface area contributed by atoms with Gasteiger partial charge in [0.15, 0.2) is 0 Å². The zero-order valence-corrected chi connectivity index (χ0v) is 8.40. The molecule has 1 rings (SSSR count). The number of rotatable bonds is 6. The zero-order valence-electron chi connectivity index (χ0n) is 8.40. The smallest absolute Gasteiger partial charge is 0.126 e. The maximum atomic E-state index is 5.67. The van der Waals surface area contributed by atoms with Crippen molar-refractivity contribution < 1.29 is 9.47 Å². The van der Waals surface area contributed by atoms with E-state index in [1.54, 1.807) is 13.3 Å². The number of hydrogen-bond donors (Lipinski definition) is 1. The molecule has 0 unspecified atom stereocenters. The predicted octanol–water partition coefficient (Wildman–Crippen LogP) is 0.869. The summed E-state index contributed by atoms with van der Waals surface area (Å²) in [6, 6.07) is 3.84. The van der Waals surface area contributed by atoms with Crippen LogP contribution >= 0.6 is 0 Å². The second kappa shape index (κ2) is 6.34. The molecular weight excluding hydrogens is 180 g/mol. The van der Waals surface area contributed by atoms with E-state index >= 15 is 0 Å². The summed E-state index contributed by atoms with van der Waals surface area (Å²) < 4.78 is 10.2. The van der Waals surface area contributed by atoms with Crippen molar-refractivity contribution in [3.63, 3.8) is 0 Å². The fourth-order valence-corrected chi connectivity index (χ4v) is 1.09. The molecule has 14 heavy (non-hydrogen) atoms. The molecule has 0 bridgehead atoms. The highest BCUT2D eigenvalue weighted by Crippen LogP contribution is 2.07. The van der Waals surface area contributed by atoms with Crippen LogP contribution in [0, 0.1) is 0 Å². The van der Waals surface area contributed by atoms with Crippen LogP contribution in [0.5, 0.6) is 0 Å². The zero-order chi connectivity index (χ0) is 10.2. The van der Waals surface area contributed by atoms with Crippen LogP contribution in [0.25, 0.3) is 0 Å². The summed E-state index contributed by atoms with van der Waals surface area (Å²) in [6.07, 6.45) is 2.48. The van der Waals surface area contributed by atoms with E-state index in [1.165, 1.54) is 0 Å². The van der Waals surface area contributed by atoms with Gasteiger partial charge in [0.1, 0.15) is 5.82 Å². The Bertz CT molecular complexity index is 266. The van der Waals surface area contributed by atoms with Crippen LogP contribution in [0.4, 0.5) is 5.82 Å². The number of anilines is 1. The third-order valence-corrected chi connectivity index (χ3v) is 1.87. The Kier molecular flexibility index (Phi) is 4.96. The van der Waals surface area contributed by atoms with Crippen LogP contribution in [0.1, 0.15) is 5.56 Å². The molecule has 78 valence electrons. The minimum absolute atomic E-state index is 0.586. The topological polar surface area (TPSA) is 57.4 Å². The lowest BCUT2D eigenvalue weighted by atomic mass is 10.2. The van der Waals surface area contributed by atoms with E-state index < -0.39 is 0 Å². The summed E-state index contributed by atoms with van der Waals surface area (Å²) in [7, 11) is 1.66. The van der Waals surface area contributed by atoms with Gasteiger partial charge in [-0.3, -0.25) is 0 Å². The van der Waals surface area contributed by atoms with Crippen LogP contribution in [0.15, 0.2) is 18.3 Å². The molecule has 0 saturated carbocycles. The van der Waals surface area contributed by atoms with Crippen LogP contribution < -0.4 is 5.73 Å². The summed E-state index contributed by atoms with van der Waals surface area (Å²) in [5.41, 5.74) is 6.70. The molecule has 0 fully saturated rings. The minimum Gasteiger partial charge on any atom is -0.383 e. The van der Waals surface area contributed by atoms with E-state index in [-0.39, 0.29) is 0 Å². The molecule has 0 saturated heterocycles. The highest BCUT2D eigenvalue weighted by molar-refractivity contribution is 5.38. The monoisotopic (exact) mass is 196 g/mol. The minimum atomic E-state index is 0.586. The molecule has 0 aliphatic carbocycles. The third-order valence-electron chi connectivity index (χ3n) is 1.87. The number of methoxy groups -OCH3 is 1. The maximum Gasteiger partial charge on any atom is 0.126 e. The lowest BCUT2D eigenvalue weighted by Gasteiger charge is -2.05. The van der Waals surface area contributed by atoms with Crippen LogP contribution in [0.2, 0.25) is 0 Å². The van der Waals surface area contributed by atoms with Crippen molar-refractivity contribution in [2.24, 2.45) is 0 Å². The van der Waals surface area contributed by atoms with Gasteiger partial charge in [0.25, 0.3) is 0 Å². The van der Waals surface area contributed by atoms with Gasteiger partial charge >= 0.3 is 0 Å². The Morgan fingerprint density at radius 1 is 1.36 bits per heavy atom. The number of aromatic nitrogens is 1. The van der Waals surface area contributed by atoms with Crippen molar-refractivity contribution in [3.05, 3.63) is 23.9 Å². The highest BCUT2D eigenvalue weighted by Gasteiger charge is 1.98. The summed E-state index contributed by atoms with van der Waals surface area (Å²) in [6.45, 7) is 1.90.